The second kappa shape index (κ2) is 6.32. The Morgan fingerprint density at radius 3 is 2.43 bits per heavy atom. The van der Waals surface area contributed by atoms with E-state index in [1.807, 2.05) is 30.3 Å². The molecule has 3 N–H and O–H groups in total. The predicted molar refractivity (Wildman–Crippen MR) is 87.1 cm³/mol. The maximum atomic E-state index is 12.4. The van der Waals surface area contributed by atoms with Crippen LogP contribution in [0.1, 0.15) is 12.8 Å². The third-order valence-electron chi connectivity index (χ3n) is 3.78. The average molecular weight is 327 g/mol. The van der Waals surface area contributed by atoms with Crippen LogP contribution < -0.4 is 10.5 Å². The summed E-state index contributed by atoms with van der Waals surface area (Å²) in [4.78, 5) is 0.301. The smallest absolute Gasteiger partial charge is 0.240 e. The molecule has 3 rings (SSSR count). The zero-order valence-electron chi connectivity index (χ0n) is 11.5. The van der Waals surface area contributed by atoms with Gasteiger partial charge in [-0.2, -0.15) is 0 Å². The fourth-order valence-corrected chi connectivity index (χ4v) is 3.79. The molecule has 1 atom stereocenters. The minimum Gasteiger partial charge on any atom is -0.329 e. The van der Waals surface area contributed by atoms with Crippen LogP contribution >= 0.6 is 12.4 Å². The number of nitrogens with two attached hydrogens (primary N) is 1. The molecule has 6 heteroatoms. The van der Waals surface area contributed by atoms with E-state index in [0.29, 0.717) is 17.4 Å². The standard InChI is InChI=1S/C15H18N2O2S.ClH/c16-10-15(12-5-6-12)17-20(18,19)14-8-7-11-3-1-2-4-13(11)9-14;/h1-4,7-9,12,15,17H,5-6,10,16H2;1H. The number of benzene rings is 2. The Balaban J connectivity index is 0.00000161. The molecule has 0 saturated heterocycles. The van der Waals surface area contributed by atoms with E-state index in [4.69, 9.17) is 5.73 Å². The van der Waals surface area contributed by atoms with Crippen LogP contribution in [-0.4, -0.2) is 21.0 Å². The fourth-order valence-electron chi connectivity index (χ4n) is 2.44. The normalized spacial score (nSPS) is 16.4. The monoisotopic (exact) mass is 326 g/mol. The molecule has 1 aliphatic carbocycles. The van der Waals surface area contributed by atoms with Crippen LogP contribution in [0.3, 0.4) is 0 Å². The molecular formula is C15H19ClN2O2S. The van der Waals surface area contributed by atoms with Crippen LogP contribution in [0.25, 0.3) is 10.8 Å². The number of halogens is 1. The number of nitrogens with one attached hydrogen (secondary N) is 1. The van der Waals surface area contributed by atoms with Gasteiger partial charge in [-0.1, -0.05) is 30.3 Å². The van der Waals surface area contributed by atoms with Gasteiger partial charge < -0.3 is 5.73 Å². The first kappa shape index (κ1) is 16.2. The van der Waals surface area contributed by atoms with E-state index in [0.717, 1.165) is 23.6 Å². The van der Waals surface area contributed by atoms with Gasteiger partial charge in [0.05, 0.1) is 4.90 Å². The van der Waals surface area contributed by atoms with Gasteiger partial charge in [0.1, 0.15) is 0 Å². The summed E-state index contributed by atoms with van der Waals surface area (Å²) in [6, 6.07) is 12.8. The van der Waals surface area contributed by atoms with Crippen molar-refractivity contribution in [3.63, 3.8) is 0 Å². The first-order chi connectivity index (χ1) is 9.60. The molecule has 2 aromatic rings. The summed E-state index contributed by atoms with van der Waals surface area (Å²) < 4.78 is 27.6. The summed E-state index contributed by atoms with van der Waals surface area (Å²) in [6.45, 7) is 0.345. The Bertz CT molecular complexity index is 729. The molecule has 114 valence electrons. The summed E-state index contributed by atoms with van der Waals surface area (Å²) in [5.74, 6) is 0.398. The molecule has 0 aliphatic heterocycles. The van der Waals surface area contributed by atoms with Gasteiger partial charge in [-0.15, -0.1) is 12.4 Å². The van der Waals surface area contributed by atoms with Crippen molar-refractivity contribution in [2.75, 3.05) is 6.54 Å². The summed E-state index contributed by atoms with van der Waals surface area (Å²) in [5, 5.41) is 1.95. The van der Waals surface area contributed by atoms with E-state index in [1.165, 1.54) is 0 Å². The molecular weight excluding hydrogens is 308 g/mol. The summed E-state index contributed by atoms with van der Waals surface area (Å²) in [5.41, 5.74) is 5.66. The van der Waals surface area contributed by atoms with E-state index >= 15 is 0 Å². The first-order valence-corrected chi connectivity index (χ1v) is 8.30. The molecule has 1 saturated carbocycles. The first-order valence-electron chi connectivity index (χ1n) is 6.81. The van der Waals surface area contributed by atoms with Crippen LogP contribution in [0, 0.1) is 5.92 Å². The SMILES string of the molecule is Cl.NCC(NS(=O)(=O)c1ccc2ccccc2c1)C1CC1. The number of fused-ring (bicyclic) bond motifs is 1. The Morgan fingerprint density at radius 2 is 1.81 bits per heavy atom. The van der Waals surface area contributed by atoms with Gasteiger partial charge in [-0.25, -0.2) is 13.1 Å². The minimum absolute atomic E-state index is 0. The highest BCUT2D eigenvalue weighted by molar-refractivity contribution is 7.89. The Kier molecular flexibility index (Phi) is 4.88. The van der Waals surface area contributed by atoms with E-state index in [1.54, 1.807) is 12.1 Å². The molecule has 0 heterocycles. The highest BCUT2D eigenvalue weighted by Crippen LogP contribution is 2.33. The fraction of sp³-hybridized carbons (Fsp3) is 0.333. The van der Waals surface area contributed by atoms with E-state index < -0.39 is 10.0 Å². The van der Waals surface area contributed by atoms with Crippen molar-refractivity contribution in [1.29, 1.82) is 0 Å². The van der Waals surface area contributed by atoms with Crippen molar-refractivity contribution in [2.24, 2.45) is 11.7 Å². The zero-order chi connectivity index (χ0) is 14.2. The van der Waals surface area contributed by atoms with Gasteiger partial charge in [0, 0.05) is 12.6 Å². The van der Waals surface area contributed by atoms with Crippen molar-refractivity contribution in [1.82, 2.24) is 4.72 Å². The molecule has 0 aromatic heterocycles. The number of hydrogen-bond donors (Lipinski definition) is 2. The van der Waals surface area contributed by atoms with Crippen LogP contribution in [0.4, 0.5) is 0 Å². The lowest BCUT2D eigenvalue weighted by Crippen LogP contribution is -2.41. The second-order valence-electron chi connectivity index (χ2n) is 5.31. The van der Waals surface area contributed by atoms with Crippen LogP contribution in [0.5, 0.6) is 0 Å². The molecule has 1 unspecified atom stereocenters. The molecule has 0 amide bonds. The van der Waals surface area contributed by atoms with Crippen LogP contribution in [0.15, 0.2) is 47.4 Å². The number of hydrogen-bond acceptors (Lipinski definition) is 3. The van der Waals surface area contributed by atoms with Crippen LogP contribution in [-0.2, 0) is 10.0 Å². The highest BCUT2D eigenvalue weighted by Gasteiger charge is 2.33. The predicted octanol–water partition coefficient (Wildman–Crippen LogP) is 2.28. The topological polar surface area (TPSA) is 72.2 Å². The largest absolute Gasteiger partial charge is 0.329 e. The maximum Gasteiger partial charge on any atom is 0.240 e. The van der Waals surface area contributed by atoms with Crippen molar-refractivity contribution in [3.05, 3.63) is 42.5 Å². The molecule has 0 spiro atoms. The van der Waals surface area contributed by atoms with E-state index in [2.05, 4.69) is 4.72 Å². The maximum absolute atomic E-state index is 12.4. The van der Waals surface area contributed by atoms with Gasteiger partial charge in [-0.05, 0) is 41.7 Å². The molecule has 1 aliphatic rings. The zero-order valence-corrected chi connectivity index (χ0v) is 13.2. The lowest BCUT2D eigenvalue weighted by atomic mass is 10.1. The Hall–Kier alpha value is -1.14. The Morgan fingerprint density at radius 1 is 1.14 bits per heavy atom. The number of rotatable bonds is 5. The van der Waals surface area contributed by atoms with E-state index in [-0.39, 0.29) is 18.4 Å². The van der Waals surface area contributed by atoms with Crippen molar-refractivity contribution < 1.29 is 8.42 Å². The number of sulfonamides is 1. The molecule has 0 bridgehead atoms. The minimum atomic E-state index is -3.50. The van der Waals surface area contributed by atoms with Gasteiger partial charge in [0.2, 0.25) is 10.0 Å². The molecule has 1 fully saturated rings. The van der Waals surface area contributed by atoms with Gasteiger partial charge in [0.25, 0.3) is 0 Å². The molecule has 0 radical (unpaired) electrons. The lowest BCUT2D eigenvalue weighted by Gasteiger charge is -2.16. The highest BCUT2D eigenvalue weighted by atomic mass is 35.5. The third-order valence-corrected chi connectivity index (χ3v) is 5.27. The second-order valence-corrected chi connectivity index (χ2v) is 7.02. The average Bonchev–Trinajstić information content (AvgIpc) is 3.29. The van der Waals surface area contributed by atoms with Crippen molar-refractivity contribution >= 4 is 33.2 Å². The van der Waals surface area contributed by atoms with Crippen LogP contribution in [0.2, 0.25) is 0 Å². The van der Waals surface area contributed by atoms with Gasteiger partial charge >= 0.3 is 0 Å². The Labute approximate surface area is 131 Å². The molecule has 2 aromatic carbocycles. The van der Waals surface area contributed by atoms with Gasteiger partial charge in [-0.3, -0.25) is 0 Å². The van der Waals surface area contributed by atoms with E-state index in [9.17, 15) is 8.42 Å². The summed E-state index contributed by atoms with van der Waals surface area (Å²) >= 11 is 0. The van der Waals surface area contributed by atoms with Crippen molar-refractivity contribution in [2.45, 2.75) is 23.8 Å². The molecule has 4 nitrogen and oxygen atoms in total. The molecule has 21 heavy (non-hydrogen) atoms. The lowest BCUT2D eigenvalue weighted by molar-refractivity contribution is 0.519. The summed E-state index contributed by atoms with van der Waals surface area (Å²) in [7, 11) is -3.50. The quantitative estimate of drug-likeness (QED) is 0.885. The third kappa shape index (κ3) is 3.55. The van der Waals surface area contributed by atoms with Crippen molar-refractivity contribution in [3.8, 4) is 0 Å². The van der Waals surface area contributed by atoms with Gasteiger partial charge in [0.15, 0.2) is 0 Å². The summed E-state index contributed by atoms with van der Waals surface area (Å²) in [6.07, 6.45) is 2.12.